The number of fused-ring (bicyclic) bond motifs is 2. The first-order valence-electron chi connectivity index (χ1n) is 7.66. The minimum atomic E-state index is -0.464. The standard InChI is InChI=1S/C15H20N4O3S/c1-17(2)12(20)9-18-8-10-3-5-19(11(7-10)14(18)21)15(22)13-16-4-6-23-13/h4,6,10-11H,3,5,7-9H2,1-2H3/t10-,11+/m0/s1. The van der Waals surface area contributed by atoms with Crippen LogP contribution in [0.4, 0.5) is 0 Å². The van der Waals surface area contributed by atoms with Gasteiger partial charge in [-0.15, -0.1) is 11.3 Å². The van der Waals surface area contributed by atoms with Crippen LogP contribution in [0.1, 0.15) is 22.6 Å². The number of carbonyl (C=O) groups is 3. The second-order valence-electron chi connectivity index (χ2n) is 6.25. The van der Waals surface area contributed by atoms with Crippen molar-refractivity contribution in [2.75, 3.05) is 33.7 Å². The van der Waals surface area contributed by atoms with Crippen molar-refractivity contribution in [1.29, 1.82) is 0 Å². The summed E-state index contributed by atoms with van der Waals surface area (Å²) in [5.41, 5.74) is 0. The summed E-state index contributed by atoms with van der Waals surface area (Å²) in [7, 11) is 3.35. The van der Waals surface area contributed by atoms with Crippen LogP contribution in [0.2, 0.25) is 0 Å². The van der Waals surface area contributed by atoms with E-state index in [4.69, 9.17) is 0 Å². The summed E-state index contributed by atoms with van der Waals surface area (Å²) in [6, 6.07) is -0.464. The molecule has 0 aliphatic carbocycles. The van der Waals surface area contributed by atoms with Crippen molar-refractivity contribution >= 4 is 29.1 Å². The number of amides is 3. The van der Waals surface area contributed by atoms with Gasteiger partial charge in [-0.05, 0) is 18.8 Å². The van der Waals surface area contributed by atoms with Gasteiger partial charge in [-0.25, -0.2) is 4.98 Å². The van der Waals surface area contributed by atoms with Gasteiger partial charge in [0.2, 0.25) is 11.8 Å². The Morgan fingerprint density at radius 1 is 1.43 bits per heavy atom. The van der Waals surface area contributed by atoms with Crippen LogP contribution in [0.3, 0.4) is 0 Å². The van der Waals surface area contributed by atoms with E-state index in [1.165, 1.54) is 16.2 Å². The molecular weight excluding hydrogens is 316 g/mol. The van der Waals surface area contributed by atoms with E-state index in [-0.39, 0.29) is 24.3 Å². The quantitative estimate of drug-likeness (QED) is 0.795. The average molecular weight is 336 g/mol. The zero-order valence-corrected chi connectivity index (χ0v) is 14.1. The molecule has 0 spiro atoms. The number of nitrogens with zero attached hydrogens (tertiary/aromatic N) is 4. The van der Waals surface area contributed by atoms with Crippen LogP contribution >= 0.6 is 11.3 Å². The molecule has 3 heterocycles. The average Bonchev–Trinajstić information content (AvgIpc) is 3.06. The van der Waals surface area contributed by atoms with E-state index in [0.29, 0.717) is 30.4 Å². The van der Waals surface area contributed by atoms with E-state index in [9.17, 15) is 14.4 Å². The maximum absolute atomic E-state index is 12.7. The molecule has 3 rings (SSSR count). The number of aromatic nitrogens is 1. The molecule has 7 nitrogen and oxygen atoms in total. The van der Waals surface area contributed by atoms with Crippen molar-refractivity contribution in [1.82, 2.24) is 19.7 Å². The Kier molecular flexibility index (Phi) is 4.34. The van der Waals surface area contributed by atoms with Crippen molar-refractivity contribution in [2.24, 2.45) is 5.92 Å². The van der Waals surface area contributed by atoms with Crippen LogP contribution in [0.25, 0.3) is 0 Å². The Labute approximate surface area is 138 Å². The third-order valence-electron chi connectivity index (χ3n) is 4.49. The van der Waals surface area contributed by atoms with Crippen molar-refractivity contribution in [2.45, 2.75) is 18.9 Å². The Morgan fingerprint density at radius 3 is 2.87 bits per heavy atom. The van der Waals surface area contributed by atoms with Crippen LogP contribution in [-0.4, -0.2) is 77.2 Å². The number of hydrogen-bond donors (Lipinski definition) is 0. The van der Waals surface area contributed by atoms with E-state index in [0.717, 1.165) is 6.42 Å². The molecule has 8 heteroatoms. The van der Waals surface area contributed by atoms with Crippen LogP contribution in [0.5, 0.6) is 0 Å². The van der Waals surface area contributed by atoms with Crippen molar-refractivity contribution in [3.05, 3.63) is 16.6 Å². The number of hydrogen-bond acceptors (Lipinski definition) is 5. The van der Waals surface area contributed by atoms with Gasteiger partial charge in [0, 0.05) is 38.8 Å². The highest BCUT2D eigenvalue weighted by molar-refractivity contribution is 7.11. The topological polar surface area (TPSA) is 73.8 Å². The van der Waals surface area contributed by atoms with Gasteiger partial charge < -0.3 is 14.7 Å². The van der Waals surface area contributed by atoms with Crippen molar-refractivity contribution in [3.8, 4) is 0 Å². The number of piperidine rings is 2. The molecule has 2 fully saturated rings. The van der Waals surface area contributed by atoms with Crippen LogP contribution in [0.15, 0.2) is 11.6 Å². The minimum Gasteiger partial charge on any atom is -0.347 e. The molecule has 0 unspecified atom stereocenters. The third kappa shape index (κ3) is 3.08. The van der Waals surface area contributed by atoms with E-state index in [1.54, 1.807) is 35.5 Å². The van der Waals surface area contributed by atoms with Crippen LogP contribution in [-0.2, 0) is 9.59 Å². The molecule has 2 aliphatic heterocycles. The molecule has 23 heavy (non-hydrogen) atoms. The molecule has 3 amide bonds. The number of likely N-dealkylation sites (N-methyl/N-ethyl adjacent to an activating group) is 1. The lowest BCUT2D eigenvalue weighted by Gasteiger charge is -2.46. The largest absolute Gasteiger partial charge is 0.347 e. The predicted molar refractivity (Wildman–Crippen MR) is 84.9 cm³/mol. The maximum Gasteiger partial charge on any atom is 0.283 e. The first kappa shape index (κ1) is 15.9. The van der Waals surface area contributed by atoms with Gasteiger partial charge in [0.15, 0.2) is 5.01 Å². The Bertz CT molecular complexity index is 616. The van der Waals surface area contributed by atoms with Gasteiger partial charge in [0.25, 0.3) is 5.91 Å². The van der Waals surface area contributed by atoms with E-state index >= 15 is 0 Å². The van der Waals surface area contributed by atoms with Gasteiger partial charge in [-0.2, -0.15) is 0 Å². The SMILES string of the molecule is CN(C)C(=O)CN1C[C@H]2CCN(C(=O)c3nccs3)[C@H](C2)C1=O. The molecule has 2 atom stereocenters. The van der Waals surface area contributed by atoms with Gasteiger partial charge >= 0.3 is 0 Å². The molecule has 1 aromatic rings. The lowest BCUT2D eigenvalue weighted by molar-refractivity contribution is -0.148. The van der Waals surface area contributed by atoms with E-state index < -0.39 is 6.04 Å². The highest BCUT2D eigenvalue weighted by Crippen LogP contribution is 2.31. The minimum absolute atomic E-state index is 0.0815. The monoisotopic (exact) mass is 336 g/mol. The summed E-state index contributed by atoms with van der Waals surface area (Å²) in [6.45, 7) is 1.27. The predicted octanol–water partition coefficient (Wildman–Crippen LogP) is 0.294. The van der Waals surface area contributed by atoms with E-state index in [1.807, 2.05) is 0 Å². The summed E-state index contributed by atoms with van der Waals surface area (Å²) in [5, 5.41) is 2.17. The summed E-state index contributed by atoms with van der Waals surface area (Å²) < 4.78 is 0. The molecule has 2 aliphatic rings. The fraction of sp³-hybridized carbons (Fsp3) is 0.600. The Hall–Kier alpha value is -1.96. The Balaban J connectivity index is 1.76. The molecule has 2 bridgehead atoms. The second-order valence-corrected chi connectivity index (χ2v) is 7.14. The van der Waals surface area contributed by atoms with Crippen molar-refractivity contribution in [3.63, 3.8) is 0 Å². The highest BCUT2D eigenvalue weighted by Gasteiger charge is 2.44. The zero-order chi connectivity index (χ0) is 16.6. The summed E-state index contributed by atoms with van der Waals surface area (Å²) in [5.74, 6) is -0.0530. The maximum atomic E-state index is 12.7. The summed E-state index contributed by atoms with van der Waals surface area (Å²) >= 11 is 1.28. The molecule has 2 saturated heterocycles. The van der Waals surface area contributed by atoms with E-state index in [2.05, 4.69) is 4.98 Å². The fourth-order valence-electron chi connectivity index (χ4n) is 3.19. The smallest absolute Gasteiger partial charge is 0.283 e. The number of likely N-dealkylation sites (tertiary alicyclic amines) is 2. The number of carbonyl (C=O) groups excluding carboxylic acids is 3. The Morgan fingerprint density at radius 2 is 2.22 bits per heavy atom. The molecule has 0 radical (unpaired) electrons. The van der Waals surface area contributed by atoms with Crippen LogP contribution in [0, 0.1) is 5.92 Å². The molecule has 1 aromatic heterocycles. The molecule has 0 aromatic carbocycles. The first-order valence-corrected chi connectivity index (χ1v) is 8.54. The number of thiazole rings is 1. The molecule has 0 N–H and O–H groups in total. The zero-order valence-electron chi connectivity index (χ0n) is 13.3. The molecule has 0 saturated carbocycles. The molecular formula is C15H20N4O3S. The highest BCUT2D eigenvalue weighted by atomic mass is 32.1. The summed E-state index contributed by atoms with van der Waals surface area (Å²) in [6.07, 6.45) is 3.13. The lowest BCUT2D eigenvalue weighted by atomic mass is 9.85. The van der Waals surface area contributed by atoms with Crippen LogP contribution < -0.4 is 0 Å². The lowest BCUT2D eigenvalue weighted by Crippen LogP contribution is -2.61. The fourth-order valence-corrected chi connectivity index (χ4v) is 3.78. The van der Waals surface area contributed by atoms with Gasteiger partial charge in [0.05, 0.1) is 6.54 Å². The van der Waals surface area contributed by atoms with Gasteiger partial charge in [0.1, 0.15) is 6.04 Å². The summed E-state index contributed by atoms with van der Waals surface area (Å²) in [4.78, 5) is 46.0. The van der Waals surface area contributed by atoms with Crippen molar-refractivity contribution < 1.29 is 14.4 Å². The van der Waals surface area contributed by atoms with Gasteiger partial charge in [-0.1, -0.05) is 0 Å². The number of rotatable bonds is 3. The first-order chi connectivity index (χ1) is 11.0. The third-order valence-corrected chi connectivity index (χ3v) is 5.25. The van der Waals surface area contributed by atoms with Gasteiger partial charge in [-0.3, -0.25) is 14.4 Å². The molecule has 124 valence electrons. The second kappa shape index (κ2) is 6.27. The normalized spacial score (nSPS) is 23.8.